The van der Waals surface area contributed by atoms with Crippen molar-refractivity contribution in [2.24, 2.45) is 0 Å². The fraction of sp³-hybridized carbons (Fsp3) is 0.167. The minimum atomic E-state index is -0.201. The second-order valence-electron chi connectivity index (χ2n) is 5.12. The molecular weight excluding hydrogens is 249 g/mol. The van der Waals surface area contributed by atoms with E-state index in [-0.39, 0.29) is 5.82 Å². The Kier molecular flexibility index (Phi) is 3.23. The Morgan fingerprint density at radius 3 is 2.25 bits per heavy atom. The molecule has 0 aliphatic rings. The molecular formula is C18H16FN. The third kappa shape index (κ3) is 2.29. The molecule has 100 valence electrons. The number of pyridine rings is 1. The Morgan fingerprint density at radius 1 is 0.900 bits per heavy atom. The molecule has 0 aliphatic carbocycles. The van der Waals surface area contributed by atoms with Gasteiger partial charge in [0.05, 0.1) is 0 Å². The molecule has 0 saturated carbocycles. The summed E-state index contributed by atoms with van der Waals surface area (Å²) in [5.74, 6) is -0.201. The van der Waals surface area contributed by atoms with E-state index < -0.39 is 0 Å². The normalized spacial score (nSPS) is 10.9. The quantitative estimate of drug-likeness (QED) is 0.661. The van der Waals surface area contributed by atoms with Gasteiger partial charge in [-0.25, -0.2) is 4.39 Å². The summed E-state index contributed by atoms with van der Waals surface area (Å²) in [6, 6.07) is 15.0. The number of halogens is 1. The van der Waals surface area contributed by atoms with Crippen molar-refractivity contribution < 1.29 is 4.39 Å². The van der Waals surface area contributed by atoms with Crippen molar-refractivity contribution in [2.75, 3.05) is 0 Å². The van der Waals surface area contributed by atoms with Crippen molar-refractivity contribution in [1.82, 2.24) is 4.98 Å². The lowest BCUT2D eigenvalue weighted by Gasteiger charge is -2.11. The fourth-order valence-corrected chi connectivity index (χ4v) is 2.60. The van der Waals surface area contributed by atoms with Crippen LogP contribution in [0, 0.1) is 19.7 Å². The molecule has 0 spiro atoms. The Morgan fingerprint density at radius 2 is 1.55 bits per heavy atom. The van der Waals surface area contributed by atoms with Crippen LogP contribution in [-0.2, 0) is 6.42 Å². The first kappa shape index (κ1) is 12.8. The van der Waals surface area contributed by atoms with Gasteiger partial charge >= 0.3 is 0 Å². The lowest BCUT2D eigenvalue weighted by molar-refractivity contribution is 0.627. The summed E-state index contributed by atoms with van der Waals surface area (Å²) >= 11 is 0. The summed E-state index contributed by atoms with van der Waals surface area (Å²) < 4.78 is 13.0. The minimum Gasteiger partial charge on any atom is -0.257 e. The monoisotopic (exact) mass is 265 g/mol. The van der Waals surface area contributed by atoms with E-state index in [0.29, 0.717) is 0 Å². The maximum atomic E-state index is 13.0. The van der Waals surface area contributed by atoms with E-state index in [4.69, 9.17) is 4.98 Å². The number of hydrogen-bond donors (Lipinski definition) is 0. The standard InChI is InChI=1S/C18H16FN/c1-12-16-5-3-4-6-17(16)13(2)20-18(12)11-14-7-9-15(19)10-8-14/h3-10H,11H2,1-2H3. The first-order valence-electron chi connectivity index (χ1n) is 6.74. The Hall–Kier alpha value is -2.22. The van der Waals surface area contributed by atoms with Gasteiger partial charge in [-0.15, -0.1) is 0 Å². The SMILES string of the molecule is Cc1nc(Cc2ccc(F)cc2)c(C)c2ccccc12. The number of rotatable bonds is 2. The maximum absolute atomic E-state index is 13.0. The molecule has 0 amide bonds. The molecule has 20 heavy (non-hydrogen) atoms. The number of aromatic nitrogens is 1. The highest BCUT2D eigenvalue weighted by atomic mass is 19.1. The number of benzene rings is 2. The second kappa shape index (κ2) is 5.04. The third-order valence-electron chi connectivity index (χ3n) is 3.74. The molecule has 2 heteroatoms. The van der Waals surface area contributed by atoms with Crippen LogP contribution in [0.3, 0.4) is 0 Å². The molecule has 0 fully saturated rings. The molecule has 0 radical (unpaired) electrons. The summed E-state index contributed by atoms with van der Waals surface area (Å²) in [5, 5.41) is 2.45. The number of aryl methyl sites for hydroxylation is 2. The fourth-order valence-electron chi connectivity index (χ4n) is 2.60. The van der Waals surface area contributed by atoms with Crippen LogP contribution in [0.25, 0.3) is 10.8 Å². The van der Waals surface area contributed by atoms with Crippen LogP contribution in [0.4, 0.5) is 4.39 Å². The van der Waals surface area contributed by atoms with Crippen LogP contribution in [-0.4, -0.2) is 4.98 Å². The van der Waals surface area contributed by atoms with Crippen molar-refractivity contribution in [2.45, 2.75) is 20.3 Å². The Balaban J connectivity index is 2.08. The Bertz CT molecular complexity index is 760. The number of nitrogens with zero attached hydrogens (tertiary/aromatic N) is 1. The average molecular weight is 265 g/mol. The molecule has 2 aromatic carbocycles. The van der Waals surface area contributed by atoms with Gasteiger partial charge in [-0.05, 0) is 42.5 Å². The first-order valence-corrected chi connectivity index (χ1v) is 6.74. The predicted octanol–water partition coefficient (Wildman–Crippen LogP) is 4.58. The highest BCUT2D eigenvalue weighted by Crippen LogP contribution is 2.24. The lowest BCUT2D eigenvalue weighted by atomic mass is 9.99. The van der Waals surface area contributed by atoms with Crippen molar-refractivity contribution >= 4 is 10.8 Å². The van der Waals surface area contributed by atoms with E-state index in [1.165, 1.54) is 28.5 Å². The zero-order valence-electron chi connectivity index (χ0n) is 11.7. The summed E-state index contributed by atoms with van der Waals surface area (Å²) in [6.07, 6.45) is 0.734. The first-order chi connectivity index (χ1) is 9.65. The topological polar surface area (TPSA) is 12.9 Å². The molecule has 1 nitrogen and oxygen atoms in total. The van der Waals surface area contributed by atoms with Gasteiger partial charge in [-0.3, -0.25) is 4.98 Å². The van der Waals surface area contributed by atoms with E-state index in [9.17, 15) is 4.39 Å². The maximum Gasteiger partial charge on any atom is 0.123 e. The molecule has 0 aliphatic heterocycles. The van der Waals surface area contributed by atoms with E-state index in [0.717, 1.165) is 23.4 Å². The van der Waals surface area contributed by atoms with Gasteiger partial charge in [-0.1, -0.05) is 36.4 Å². The zero-order chi connectivity index (χ0) is 14.1. The minimum absolute atomic E-state index is 0.201. The predicted molar refractivity (Wildman–Crippen MR) is 80.4 cm³/mol. The molecule has 3 aromatic rings. The molecule has 3 rings (SSSR count). The van der Waals surface area contributed by atoms with Crippen molar-refractivity contribution in [3.8, 4) is 0 Å². The Labute approximate surface area is 118 Å². The molecule has 1 aromatic heterocycles. The van der Waals surface area contributed by atoms with Crippen LogP contribution in [0.5, 0.6) is 0 Å². The van der Waals surface area contributed by atoms with Gasteiger partial charge in [0.15, 0.2) is 0 Å². The van der Waals surface area contributed by atoms with Gasteiger partial charge in [0.25, 0.3) is 0 Å². The van der Waals surface area contributed by atoms with Gasteiger partial charge in [0.1, 0.15) is 5.82 Å². The van der Waals surface area contributed by atoms with Gasteiger partial charge in [0, 0.05) is 23.2 Å². The van der Waals surface area contributed by atoms with Crippen LogP contribution < -0.4 is 0 Å². The molecule has 0 unspecified atom stereocenters. The van der Waals surface area contributed by atoms with E-state index in [1.807, 2.05) is 25.1 Å². The lowest BCUT2D eigenvalue weighted by Crippen LogP contribution is -2.00. The molecule has 0 saturated heterocycles. The summed E-state index contributed by atoms with van der Waals surface area (Å²) in [7, 11) is 0. The van der Waals surface area contributed by atoms with Crippen LogP contribution >= 0.6 is 0 Å². The van der Waals surface area contributed by atoms with E-state index in [1.54, 1.807) is 0 Å². The van der Waals surface area contributed by atoms with Gasteiger partial charge in [-0.2, -0.15) is 0 Å². The van der Waals surface area contributed by atoms with Crippen LogP contribution in [0.2, 0.25) is 0 Å². The van der Waals surface area contributed by atoms with Crippen molar-refractivity contribution in [3.63, 3.8) is 0 Å². The number of hydrogen-bond acceptors (Lipinski definition) is 1. The summed E-state index contributed by atoms with van der Waals surface area (Å²) in [4.78, 5) is 4.72. The van der Waals surface area contributed by atoms with Crippen molar-refractivity contribution in [3.05, 3.63) is 76.9 Å². The van der Waals surface area contributed by atoms with E-state index in [2.05, 4.69) is 25.1 Å². The summed E-state index contributed by atoms with van der Waals surface area (Å²) in [6.45, 7) is 4.14. The van der Waals surface area contributed by atoms with Gasteiger partial charge in [0.2, 0.25) is 0 Å². The van der Waals surface area contributed by atoms with Crippen molar-refractivity contribution in [1.29, 1.82) is 0 Å². The molecule has 0 atom stereocenters. The van der Waals surface area contributed by atoms with Crippen LogP contribution in [0.1, 0.15) is 22.5 Å². The molecule has 0 N–H and O–H groups in total. The highest BCUT2D eigenvalue weighted by Gasteiger charge is 2.08. The average Bonchev–Trinajstić information content (AvgIpc) is 2.47. The summed E-state index contributed by atoms with van der Waals surface area (Å²) in [5.41, 5.74) is 4.39. The van der Waals surface area contributed by atoms with E-state index >= 15 is 0 Å². The van der Waals surface area contributed by atoms with Gasteiger partial charge < -0.3 is 0 Å². The zero-order valence-corrected chi connectivity index (χ0v) is 11.7. The third-order valence-corrected chi connectivity index (χ3v) is 3.74. The van der Waals surface area contributed by atoms with Crippen LogP contribution in [0.15, 0.2) is 48.5 Å². The number of fused-ring (bicyclic) bond motifs is 1. The highest BCUT2D eigenvalue weighted by molar-refractivity contribution is 5.87. The molecule has 0 bridgehead atoms. The largest absolute Gasteiger partial charge is 0.257 e. The molecule has 1 heterocycles. The second-order valence-corrected chi connectivity index (χ2v) is 5.12. The smallest absolute Gasteiger partial charge is 0.123 e.